The first-order chi connectivity index (χ1) is 16.7. The van der Waals surface area contributed by atoms with Crippen molar-refractivity contribution in [3.8, 4) is 5.75 Å². The molecule has 2 N–H and O–H groups in total. The summed E-state index contributed by atoms with van der Waals surface area (Å²) in [4.78, 5) is 26.6. The van der Waals surface area contributed by atoms with Crippen LogP contribution in [0.4, 0.5) is 11.5 Å². The Balaban J connectivity index is 1.32. The number of hydrogen-bond acceptors (Lipinski definition) is 7. The number of fused-ring (bicyclic) bond motifs is 4. The molecule has 1 aliphatic carbocycles. The Morgan fingerprint density at radius 2 is 2.15 bits per heavy atom. The molecular weight excluding hydrogens is 448 g/mol. The van der Waals surface area contributed by atoms with Crippen molar-refractivity contribution in [1.82, 2.24) is 25.1 Å². The molecule has 9 heteroatoms. The van der Waals surface area contributed by atoms with Crippen LogP contribution in [0.1, 0.15) is 43.0 Å². The molecule has 0 saturated carbocycles. The maximum Gasteiger partial charge on any atom is 0.226 e. The van der Waals surface area contributed by atoms with E-state index in [1.54, 1.807) is 23.9 Å². The number of piperidine rings is 1. The lowest BCUT2D eigenvalue weighted by molar-refractivity contribution is -0.136. The molecular formula is C25H28N6O2S. The van der Waals surface area contributed by atoms with E-state index in [1.807, 2.05) is 19.1 Å². The van der Waals surface area contributed by atoms with Crippen molar-refractivity contribution in [1.29, 1.82) is 0 Å². The number of nitrogens with one attached hydrogen (secondary N) is 2. The number of H-pyrrole nitrogens is 1. The number of ether oxygens (including phenoxy) is 1. The SMILES string of the molecule is CCOc1cc2[nH]ncc2cc1Nc1ncnc2sc3c(c12)CCC(C(=O)N1CCCCC1)C3. The number of benzene rings is 1. The maximum absolute atomic E-state index is 13.1. The highest BCUT2D eigenvalue weighted by molar-refractivity contribution is 7.19. The number of amides is 1. The van der Waals surface area contributed by atoms with Crippen molar-refractivity contribution in [2.24, 2.45) is 5.92 Å². The monoisotopic (exact) mass is 476 g/mol. The summed E-state index contributed by atoms with van der Waals surface area (Å²) in [6, 6.07) is 4.00. The number of aromatic nitrogens is 4. The van der Waals surface area contributed by atoms with Crippen molar-refractivity contribution < 1.29 is 9.53 Å². The van der Waals surface area contributed by atoms with E-state index in [1.165, 1.54) is 16.9 Å². The fourth-order valence-corrected chi connectivity index (χ4v) is 6.53. The van der Waals surface area contributed by atoms with Gasteiger partial charge in [-0.25, -0.2) is 9.97 Å². The molecule has 1 aliphatic heterocycles. The van der Waals surface area contributed by atoms with Crippen molar-refractivity contribution in [3.05, 3.63) is 35.1 Å². The summed E-state index contributed by atoms with van der Waals surface area (Å²) in [6.07, 6.45) is 9.47. The third-order valence-corrected chi connectivity index (χ3v) is 8.12. The Bertz CT molecular complexity index is 1360. The number of hydrogen-bond donors (Lipinski definition) is 2. The zero-order valence-electron chi connectivity index (χ0n) is 19.3. The highest BCUT2D eigenvalue weighted by Gasteiger charge is 2.32. The van der Waals surface area contributed by atoms with Gasteiger partial charge in [0.15, 0.2) is 0 Å². The van der Waals surface area contributed by atoms with Crippen LogP contribution < -0.4 is 10.1 Å². The number of thiophene rings is 1. The minimum absolute atomic E-state index is 0.0797. The van der Waals surface area contributed by atoms with Crippen LogP contribution in [-0.4, -0.2) is 50.7 Å². The van der Waals surface area contributed by atoms with Gasteiger partial charge in [-0.1, -0.05) is 0 Å². The van der Waals surface area contributed by atoms with Gasteiger partial charge in [-0.15, -0.1) is 11.3 Å². The zero-order chi connectivity index (χ0) is 23.1. The lowest BCUT2D eigenvalue weighted by Gasteiger charge is -2.32. The Morgan fingerprint density at radius 3 is 3.00 bits per heavy atom. The fraction of sp³-hybridized carbons (Fsp3) is 0.440. The molecule has 34 heavy (non-hydrogen) atoms. The van der Waals surface area contributed by atoms with Gasteiger partial charge in [0.2, 0.25) is 5.91 Å². The number of aromatic amines is 1. The van der Waals surface area contributed by atoms with E-state index in [2.05, 4.69) is 30.4 Å². The first-order valence-corrected chi connectivity index (χ1v) is 12.9. The van der Waals surface area contributed by atoms with Crippen LogP contribution >= 0.6 is 11.3 Å². The van der Waals surface area contributed by atoms with Gasteiger partial charge in [0.05, 0.1) is 29.4 Å². The molecule has 1 unspecified atom stereocenters. The molecule has 4 heterocycles. The molecule has 6 rings (SSSR count). The van der Waals surface area contributed by atoms with Crippen LogP contribution in [0.5, 0.6) is 5.75 Å². The number of anilines is 2. The number of nitrogens with zero attached hydrogens (tertiary/aromatic N) is 4. The van der Waals surface area contributed by atoms with Crippen LogP contribution in [-0.2, 0) is 17.6 Å². The maximum atomic E-state index is 13.1. The van der Waals surface area contributed by atoms with Crippen LogP contribution in [0, 0.1) is 5.92 Å². The number of carbonyl (C=O) groups is 1. The standard InChI is InChI=1S/C25H28N6O2S/c1-2-33-20-12-18-16(13-28-30-18)10-19(20)29-23-22-17-7-6-15(25(32)31-8-4-3-5-9-31)11-21(17)34-24(22)27-14-26-23/h10,12-15H,2-9,11H2,1H3,(H,28,30)(H,26,27,29). The normalized spacial score (nSPS) is 18.3. The van der Waals surface area contributed by atoms with Gasteiger partial charge in [-0.05, 0) is 57.1 Å². The van der Waals surface area contributed by atoms with Gasteiger partial charge in [-0.3, -0.25) is 9.89 Å². The van der Waals surface area contributed by atoms with Gasteiger partial charge in [0.1, 0.15) is 22.7 Å². The van der Waals surface area contributed by atoms with E-state index in [0.717, 1.165) is 83.6 Å². The summed E-state index contributed by atoms with van der Waals surface area (Å²) < 4.78 is 5.90. The Labute approximate surface area is 201 Å². The second kappa shape index (κ2) is 8.87. The average molecular weight is 477 g/mol. The van der Waals surface area contributed by atoms with Crippen molar-refractivity contribution >= 4 is 49.9 Å². The lowest BCUT2D eigenvalue weighted by Crippen LogP contribution is -2.41. The number of aryl methyl sites for hydroxylation is 1. The molecule has 0 radical (unpaired) electrons. The predicted octanol–water partition coefficient (Wildman–Crippen LogP) is 4.83. The van der Waals surface area contributed by atoms with E-state index in [0.29, 0.717) is 12.5 Å². The van der Waals surface area contributed by atoms with Crippen LogP contribution in [0.25, 0.3) is 21.1 Å². The number of rotatable bonds is 5. The molecule has 3 aromatic heterocycles. The molecule has 0 bridgehead atoms. The van der Waals surface area contributed by atoms with E-state index in [9.17, 15) is 4.79 Å². The first kappa shape index (κ1) is 21.3. The van der Waals surface area contributed by atoms with E-state index >= 15 is 0 Å². The molecule has 2 aliphatic rings. The van der Waals surface area contributed by atoms with Crippen LogP contribution in [0.15, 0.2) is 24.7 Å². The molecule has 1 amide bonds. The van der Waals surface area contributed by atoms with Gasteiger partial charge in [0, 0.05) is 35.3 Å². The third kappa shape index (κ3) is 3.77. The van der Waals surface area contributed by atoms with Gasteiger partial charge >= 0.3 is 0 Å². The summed E-state index contributed by atoms with van der Waals surface area (Å²) in [5, 5.41) is 12.7. The molecule has 4 aromatic rings. The highest BCUT2D eigenvalue weighted by atomic mass is 32.1. The summed E-state index contributed by atoms with van der Waals surface area (Å²) >= 11 is 1.70. The van der Waals surface area contributed by atoms with Gasteiger partial charge in [-0.2, -0.15) is 5.10 Å². The molecule has 1 fully saturated rings. The Morgan fingerprint density at radius 1 is 1.26 bits per heavy atom. The average Bonchev–Trinajstić information content (AvgIpc) is 3.48. The minimum atomic E-state index is 0.0797. The molecule has 8 nitrogen and oxygen atoms in total. The smallest absolute Gasteiger partial charge is 0.226 e. The third-order valence-electron chi connectivity index (χ3n) is 6.96. The highest BCUT2D eigenvalue weighted by Crippen LogP contribution is 2.42. The second-order valence-corrected chi connectivity index (χ2v) is 10.2. The minimum Gasteiger partial charge on any atom is -0.492 e. The first-order valence-electron chi connectivity index (χ1n) is 12.1. The summed E-state index contributed by atoms with van der Waals surface area (Å²) in [5.41, 5.74) is 3.07. The molecule has 0 spiro atoms. The largest absolute Gasteiger partial charge is 0.492 e. The zero-order valence-corrected chi connectivity index (χ0v) is 20.1. The summed E-state index contributed by atoms with van der Waals surface area (Å²) in [6.45, 7) is 4.36. The second-order valence-electron chi connectivity index (χ2n) is 9.10. The molecule has 1 aromatic carbocycles. The number of likely N-dealkylation sites (tertiary alicyclic amines) is 1. The van der Waals surface area contributed by atoms with Gasteiger partial charge in [0.25, 0.3) is 0 Å². The summed E-state index contributed by atoms with van der Waals surface area (Å²) in [5.74, 6) is 1.95. The van der Waals surface area contributed by atoms with E-state index in [4.69, 9.17) is 4.74 Å². The van der Waals surface area contributed by atoms with E-state index < -0.39 is 0 Å². The van der Waals surface area contributed by atoms with Crippen molar-refractivity contribution in [2.45, 2.75) is 45.4 Å². The van der Waals surface area contributed by atoms with Crippen molar-refractivity contribution in [2.75, 3.05) is 25.0 Å². The molecule has 176 valence electrons. The molecule has 1 atom stereocenters. The Hall–Kier alpha value is -3.20. The number of carbonyl (C=O) groups excluding carboxylic acids is 1. The topological polar surface area (TPSA) is 96.0 Å². The lowest BCUT2D eigenvalue weighted by atomic mass is 9.86. The van der Waals surface area contributed by atoms with Crippen LogP contribution in [0.2, 0.25) is 0 Å². The quantitative estimate of drug-likeness (QED) is 0.428. The fourth-order valence-electron chi connectivity index (χ4n) is 5.26. The summed E-state index contributed by atoms with van der Waals surface area (Å²) in [7, 11) is 0. The predicted molar refractivity (Wildman–Crippen MR) is 134 cm³/mol. The molecule has 1 saturated heterocycles. The van der Waals surface area contributed by atoms with Gasteiger partial charge < -0.3 is 15.0 Å². The van der Waals surface area contributed by atoms with Crippen molar-refractivity contribution in [3.63, 3.8) is 0 Å². The van der Waals surface area contributed by atoms with Crippen LogP contribution in [0.3, 0.4) is 0 Å². The Kier molecular flexibility index (Phi) is 5.57. The van der Waals surface area contributed by atoms with E-state index in [-0.39, 0.29) is 5.92 Å².